The van der Waals surface area contributed by atoms with Crippen LogP contribution in [0.2, 0.25) is 5.02 Å². The molecule has 2 amide bonds. The van der Waals surface area contributed by atoms with Crippen molar-refractivity contribution in [3.63, 3.8) is 0 Å². The molecule has 1 fully saturated rings. The molecule has 9 heteroatoms. The molecule has 0 spiro atoms. The Morgan fingerprint density at radius 2 is 1.84 bits per heavy atom. The van der Waals surface area contributed by atoms with Crippen LogP contribution in [0.3, 0.4) is 0 Å². The number of nitrogens with zero attached hydrogens (tertiary/aromatic N) is 4. The zero-order chi connectivity index (χ0) is 21.8. The van der Waals surface area contributed by atoms with E-state index in [1.54, 1.807) is 12.0 Å². The molecule has 4 rings (SSSR count). The van der Waals surface area contributed by atoms with E-state index >= 15 is 0 Å². The fourth-order valence-corrected chi connectivity index (χ4v) is 3.58. The number of methoxy groups -OCH3 is 1. The summed E-state index contributed by atoms with van der Waals surface area (Å²) < 4.78 is 19.2. The van der Waals surface area contributed by atoms with E-state index in [4.69, 9.17) is 16.3 Å². The standard InChI is InChI=1S/C22H21ClFN5O2/c1-31-16-5-2-4-15(14-16)19-8-9-20(27-26-19)28-10-12-29(13-11-28)22(30)25-21-17(23)6-3-7-18(21)24/h2-9,14H,10-13H2,1H3,(H,25,30). The first-order valence-electron chi connectivity index (χ1n) is 9.78. The number of rotatable bonds is 4. The summed E-state index contributed by atoms with van der Waals surface area (Å²) >= 11 is 5.99. The summed E-state index contributed by atoms with van der Waals surface area (Å²) in [5.74, 6) is 0.934. The number of amides is 2. The third kappa shape index (κ3) is 4.69. The van der Waals surface area contributed by atoms with Gasteiger partial charge in [-0.25, -0.2) is 9.18 Å². The Morgan fingerprint density at radius 3 is 2.52 bits per heavy atom. The molecule has 0 atom stereocenters. The molecule has 0 saturated carbocycles. The van der Waals surface area contributed by atoms with Gasteiger partial charge >= 0.3 is 6.03 Å². The minimum atomic E-state index is -0.564. The summed E-state index contributed by atoms with van der Waals surface area (Å²) in [5, 5.41) is 11.4. The van der Waals surface area contributed by atoms with E-state index in [1.165, 1.54) is 18.2 Å². The number of hydrogen-bond acceptors (Lipinski definition) is 5. The number of halogens is 2. The maximum atomic E-state index is 13.9. The minimum absolute atomic E-state index is 0.00408. The smallest absolute Gasteiger partial charge is 0.322 e. The number of carbonyl (C=O) groups is 1. The fourth-order valence-electron chi connectivity index (χ4n) is 3.37. The zero-order valence-corrected chi connectivity index (χ0v) is 17.6. The Labute approximate surface area is 184 Å². The van der Waals surface area contributed by atoms with Gasteiger partial charge in [0.15, 0.2) is 5.82 Å². The van der Waals surface area contributed by atoms with Crippen molar-refractivity contribution in [3.05, 3.63) is 65.4 Å². The van der Waals surface area contributed by atoms with Crippen LogP contribution in [0.5, 0.6) is 5.75 Å². The van der Waals surface area contributed by atoms with Gasteiger partial charge in [-0.05, 0) is 36.4 Å². The first kappa shape index (κ1) is 20.9. The summed E-state index contributed by atoms with van der Waals surface area (Å²) in [7, 11) is 1.62. The molecule has 0 aliphatic carbocycles. The second-order valence-corrected chi connectivity index (χ2v) is 7.42. The molecule has 1 aliphatic rings. The van der Waals surface area contributed by atoms with Crippen LogP contribution in [0.1, 0.15) is 0 Å². The van der Waals surface area contributed by atoms with Crippen molar-refractivity contribution in [2.24, 2.45) is 0 Å². The third-order valence-electron chi connectivity index (χ3n) is 5.10. The summed E-state index contributed by atoms with van der Waals surface area (Å²) in [6, 6.07) is 15.4. The molecule has 2 aromatic carbocycles. The van der Waals surface area contributed by atoms with Crippen molar-refractivity contribution in [2.45, 2.75) is 0 Å². The quantitative estimate of drug-likeness (QED) is 0.653. The highest BCUT2D eigenvalue weighted by Gasteiger charge is 2.23. The SMILES string of the molecule is COc1cccc(-c2ccc(N3CCN(C(=O)Nc4c(F)cccc4Cl)CC3)nn2)c1. The lowest BCUT2D eigenvalue weighted by Crippen LogP contribution is -2.50. The summed E-state index contributed by atoms with van der Waals surface area (Å²) in [6.07, 6.45) is 0. The van der Waals surface area contributed by atoms with Crippen LogP contribution in [-0.4, -0.2) is 54.4 Å². The number of carbonyl (C=O) groups excluding carboxylic acids is 1. The molecular formula is C22H21ClFN5O2. The predicted molar refractivity (Wildman–Crippen MR) is 118 cm³/mol. The second kappa shape index (κ2) is 9.18. The lowest BCUT2D eigenvalue weighted by atomic mass is 10.1. The van der Waals surface area contributed by atoms with Crippen LogP contribution in [0, 0.1) is 5.82 Å². The number of hydrogen-bond donors (Lipinski definition) is 1. The van der Waals surface area contributed by atoms with Gasteiger partial charge in [-0.2, -0.15) is 0 Å². The van der Waals surface area contributed by atoms with Gasteiger partial charge in [0.05, 0.1) is 23.5 Å². The molecular weight excluding hydrogens is 421 g/mol. The number of urea groups is 1. The molecule has 7 nitrogen and oxygen atoms in total. The third-order valence-corrected chi connectivity index (χ3v) is 5.42. The Kier molecular flexibility index (Phi) is 6.18. The minimum Gasteiger partial charge on any atom is -0.497 e. The maximum absolute atomic E-state index is 13.9. The van der Waals surface area contributed by atoms with E-state index in [-0.39, 0.29) is 16.7 Å². The number of aromatic nitrogens is 2. The van der Waals surface area contributed by atoms with Crippen LogP contribution in [0.4, 0.5) is 20.7 Å². The van der Waals surface area contributed by atoms with Gasteiger partial charge in [0, 0.05) is 31.7 Å². The van der Waals surface area contributed by atoms with Crippen molar-refractivity contribution in [3.8, 4) is 17.0 Å². The van der Waals surface area contributed by atoms with Crippen molar-refractivity contribution in [1.29, 1.82) is 0 Å². The highest BCUT2D eigenvalue weighted by molar-refractivity contribution is 6.33. The van der Waals surface area contributed by atoms with Crippen LogP contribution in [0.15, 0.2) is 54.6 Å². The van der Waals surface area contributed by atoms with Crippen molar-refractivity contribution in [2.75, 3.05) is 43.5 Å². The van der Waals surface area contributed by atoms with Gasteiger partial charge in [-0.1, -0.05) is 29.8 Å². The number of benzene rings is 2. The lowest BCUT2D eigenvalue weighted by Gasteiger charge is -2.35. The highest BCUT2D eigenvalue weighted by Crippen LogP contribution is 2.26. The van der Waals surface area contributed by atoms with E-state index in [0.717, 1.165) is 22.8 Å². The van der Waals surface area contributed by atoms with Gasteiger partial charge < -0.3 is 19.9 Å². The largest absolute Gasteiger partial charge is 0.497 e. The average Bonchev–Trinajstić information content (AvgIpc) is 2.81. The van der Waals surface area contributed by atoms with E-state index in [0.29, 0.717) is 26.2 Å². The van der Waals surface area contributed by atoms with Gasteiger partial charge in [-0.15, -0.1) is 10.2 Å². The van der Waals surface area contributed by atoms with Gasteiger partial charge in [0.25, 0.3) is 0 Å². The molecule has 0 unspecified atom stereocenters. The summed E-state index contributed by atoms with van der Waals surface area (Å²) in [6.45, 7) is 2.12. The number of nitrogens with one attached hydrogen (secondary N) is 1. The number of anilines is 2. The molecule has 160 valence electrons. The zero-order valence-electron chi connectivity index (χ0n) is 16.9. The molecule has 1 aromatic heterocycles. The molecule has 1 N–H and O–H groups in total. The number of para-hydroxylation sites is 1. The Balaban J connectivity index is 1.37. The van der Waals surface area contributed by atoms with Crippen LogP contribution in [0.25, 0.3) is 11.3 Å². The first-order chi connectivity index (χ1) is 15.0. The molecule has 0 bridgehead atoms. The Hall–Kier alpha value is -3.39. The highest BCUT2D eigenvalue weighted by atomic mass is 35.5. The van der Waals surface area contributed by atoms with E-state index < -0.39 is 5.82 Å². The monoisotopic (exact) mass is 441 g/mol. The van der Waals surface area contributed by atoms with Crippen molar-refractivity contribution >= 4 is 29.1 Å². The maximum Gasteiger partial charge on any atom is 0.322 e. The summed E-state index contributed by atoms with van der Waals surface area (Å²) in [4.78, 5) is 16.2. The van der Waals surface area contributed by atoms with Crippen LogP contribution < -0.4 is 15.0 Å². The van der Waals surface area contributed by atoms with E-state index in [1.807, 2.05) is 36.4 Å². The molecule has 1 aliphatic heterocycles. The van der Waals surface area contributed by atoms with Gasteiger partial charge in [0.1, 0.15) is 11.6 Å². The molecule has 3 aromatic rings. The lowest BCUT2D eigenvalue weighted by molar-refractivity contribution is 0.208. The number of ether oxygens (including phenoxy) is 1. The van der Waals surface area contributed by atoms with Gasteiger partial charge in [-0.3, -0.25) is 0 Å². The molecule has 0 radical (unpaired) electrons. The predicted octanol–water partition coefficient (Wildman–Crippen LogP) is 4.30. The van der Waals surface area contributed by atoms with E-state index in [9.17, 15) is 9.18 Å². The Bertz CT molecular complexity index is 1050. The second-order valence-electron chi connectivity index (χ2n) is 7.01. The van der Waals surface area contributed by atoms with Crippen molar-refractivity contribution in [1.82, 2.24) is 15.1 Å². The Morgan fingerprint density at radius 1 is 1.06 bits per heavy atom. The van der Waals surface area contributed by atoms with E-state index in [2.05, 4.69) is 20.4 Å². The molecule has 2 heterocycles. The fraction of sp³-hybridized carbons (Fsp3) is 0.227. The average molecular weight is 442 g/mol. The topological polar surface area (TPSA) is 70.6 Å². The van der Waals surface area contributed by atoms with Crippen LogP contribution >= 0.6 is 11.6 Å². The van der Waals surface area contributed by atoms with Crippen molar-refractivity contribution < 1.29 is 13.9 Å². The molecule has 31 heavy (non-hydrogen) atoms. The number of piperazine rings is 1. The van der Waals surface area contributed by atoms with Gasteiger partial charge in [0.2, 0.25) is 0 Å². The normalized spacial score (nSPS) is 13.8. The van der Waals surface area contributed by atoms with Crippen LogP contribution in [-0.2, 0) is 0 Å². The molecule has 1 saturated heterocycles. The first-order valence-corrected chi connectivity index (χ1v) is 10.2. The summed E-state index contributed by atoms with van der Waals surface area (Å²) in [5.41, 5.74) is 1.67.